The van der Waals surface area contributed by atoms with Crippen molar-refractivity contribution in [2.24, 2.45) is 0 Å². The maximum atomic E-state index is 12.9. The summed E-state index contributed by atoms with van der Waals surface area (Å²) < 4.78 is 12.9. The average molecular weight is 440 g/mol. The molecule has 13 heavy (non-hydrogen) atoms. The zero-order valence-corrected chi connectivity index (χ0v) is 12.6. The zero-order chi connectivity index (χ0) is 10.0. The second-order valence-electron chi connectivity index (χ2n) is 2.37. The summed E-state index contributed by atoms with van der Waals surface area (Å²) in [5.41, 5.74) is 1.87. The molecule has 0 aromatic heterocycles. The Morgan fingerprint density at radius 2 is 1.46 bits per heavy atom. The molecule has 0 N–H and O–H groups in total. The Hall–Kier alpha value is 1.07. The Bertz CT molecular complexity index is 298. The molecule has 0 radical (unpaired) electrons. The molecule has 0 atom stereocenters. The van der Waals surface area contributed by atoms with E-state index in [1.54, 1.807) is 6.07 Å². The van der Waals surface area contributed by atoms with Gasteiger partial charge in [0.1, 0.15) is 5.82 Å². The summed E-state index contributed by atoms with van der Waals surface area (Å²) in [4.78, 5) is 0. The van der Waals surface area contributed by atoms with E-state index in [1.165, 1.54) is 12.1 Å². The molecule has 72 valence electrons. The van der Waals surface area contributed by atoms with Gasteiger partial charge in [0, 0.05) is 0 Å². The molecule has 0 aliphatic heterocycles. The van der Waals surface area contributed by atoms with Gasteiger partial charge in [0.15, 0.2) is 0 Å². The lowest BCUT2D eigenvalue weighted by atomic mass is 10.1. The van der Waals surface area contributed by atoms with Crippen LogP contribution in [0.2, 0.25) is 0 Å². The number of alkyl halides is 4. The van der Waals surface area contributed by atoms with Crippen molar-refractivity contribution in [1.82, 2.24) is 0 Å². The molecule has 0 heterocycles. The van der Waals surface area contributed by atoms with Crippen LogP contribution in [0.15, 0.2) is 18.2 Å². The summed E-state index contributed by atoms with van der Waals surface area (Å²) in [7, 11) is 0. The molecule has 0 aliphatic rings. The molecule has 5 heteroatoms. The quantitative estimate of drug-likeness (QED) is 0.541. The third kappa shape index (κ3) is 3.29. The number of benzene rings is 1. The van der Waals surface area contributed by atoms with Gasteiger partial charge in [0.2, 0.25) is 0 Å². The lowest BCUT2D eigenvalue weighted by Crippen LogP contribution is -1.92. The highest BCUT2D eigenvalue weighted by Crippen LogP contribution is 2.39. The molecule has 1 aromatic rings. The maximum absolute atomic E-state index is 12.9. The summed E-state index contributed by atoms with van der Waals surface area (Å²) in [6.45, 7) is 0. The van der Waals surface area contributed by atoms with Crippen molar-refractivity contribution in [1.29, 1.82) is 0 Å². The van der Waals surface area contributed by atoms with E-state index in [9.17, 15) is 4.39 Å². The van der Waals surface area contributed by atoms with Crippen LogP contribution < -0.4 is 0 Å². The second-order valence-corrected chi connectivity index (χ2v) is 8.49. The van der Waals surface area contributed by atoms with Crippen molar-refractivity contribution >= 4 is 63.7 Å². The highest BCUT2D eigenvalue weighted by Gasteiger charge is 2.14. The maximum Gasteiger partial charge on any atom is 0.123 e. The van der Waals surface area contributed by atoms with Crippen LogP contribution >= 0.6 is 63.7 Å². The van der Waals surface area contributed by atoms with Gasteiger partial charge < -0.3 is 0 Å². The van der Waals surface area contributed by atoms with Crippen molar-refractivity contribution < 1.29 is 4.39 Å². The Morgan fingerprint density at radius 1 is 0.923 bits per heavy atom. The number of hydrogen-bond donors (Lipinski definition) is 0. The van der Waals surface area contributed by atoms with Crippen molar-refractivity contribution in [3.05, 3.63) is 35.1 Å². The topological polar surface area (TPSA) is 0 Å². The fraction of sp³-hybridized carbons (Fsp3) is 0.250. The predicted octanol–water partition coefficient (Wildman–Crippen LogP) is 5.40. The van der Waals surface area contributed by atoms with E-state index in [1.807, 2.05) is 0 Å². The summed E-state index contributed by atoms with van der Waals surface area (Å²) >= 11 is 13.4. The van der Waals surface area contributed by atoms with Crippen molar-refractivity contribution in [2.45, 2.75) is 7.47 Å². The zero-order valence-electron chi connectivity index (χ0n) is 6.28. The smallest absolute Gasteiger partial charge is 0.123 e. The molecule has 0 aliphatic carbocycles. The van der Waals surface area contributed by atoms with Gasteiger partial charge in [0.25, 0.3) is 0 Å². The molecule has 1 rings (SSSR count). The van der Waals surface area contributed by atoms with Crippen LogP contribution in [0.25, 0.3) is 0 Å². The molecule has 0 fully saturated rings. The second kappa shape index (κ2) is 5.24. The van der Waals surface area contributed by atoms with Gasteiger partial charge in [-0.25, -0.2) is 4.39 Å². The van der Waals surface area contributed by atoms with Crippen LogP contribution in [0.1, 0.15) is 18.6 Å². The van der Waals surface area contributed by atoms with Gasteiger partial charge in [-0.2, -0.15) is 0 Å². The monoisotopic (exact) mass is 436 g/mol. The minimum Gasteiger partial charge on any atom is -0.207 e. The molecule has 0 saturated heterocycles. The Morgan fingerprint density at radius 3 is 1.92 bits per heavy atom. The highest BCUT2D eigenvalue weighted by molar-refractivity contribution is 9.24. The van der Waals surface area contributed by atoms with Gasteiger partial charge in [-0.15, -0.1) is 0 Å². The van der Waals surface area contributed by atoms with E-state index in [2.05, 4.69) is 63.7 Å². The normalized spacial score (nSPS) is 11.3. The van der Waals surface area contributed by atoms with Gasteiger partial charge in [-0.05, 0) is 23.3 Å². The van der Waals surface area contributed by atoms with Crippen LogP contribution in [-0.4, -0.2) is 0 Å². The number of halogens is 5. The molecular formula is C8H5Br4F. The lowest BCUT2D eigenvalue weighted by molar-refractivity contribution is 0.626. The van der Waals surface area contributed by atoms with Crippen LogP contribution in [0.4, 0.5) is 4.39 Å². The fourth-order valence-electron chi connectivity index (χ4n) is 0.933. The largest absolute Gasteiger partial charge is 0.207 e. The number of rotatable bonds is 2. The van der Waals surface area contributed by atoms with Gasteiger partial charge in [-0.3, -0.25) is 0 Å². The Kier molecular flexibility index (Phi) is 4.89. The highest BCUT2D eigenvalue weighted by atomic mass is 79.9. The third-order valence-corrected chi connectivity index (χ3v) is 3.49. The van der Waals surface area contributed by atoms with Crippen LogP contribution in [-0.2, 0) is 0 Å². The minimum atomic E-state index is -0.233. The molecule has 1 aromatic carbocycles. The van der Waals surface area contributed by atoms with E-state index in [-0.39, 0.29) is 13.3 Å². The Labute approximate surface area is 110 Å². The fourth-order valence-corrected chi connectivity index (χ4v) is 2.56. The molecular weight excluding hydrogens is 435 g/mol. The first-order valence-corrected chi connectivity index (χ1v) is 7.04. The van der Waals surface area contributed by atoms with E-state index in [0.717, 1.165) is 11.1 Å². The first kappa shape index (κ1) is 12.1. The molecule has 0 saturated carbocycles. The van der Waals surface area contributed by atoms with Crippen LogP contribution in [0, 0.1) is 5.82 Å². The van der Waals surface area contributed by atoms with E-state index in [0.29, 0.717) is 0 Å². The first-order chi connectivity index (χ1) is 6.02. The standard InChI is InChI=1S/C8H5Br4F/c9-7(10)5-2-1-4(13)3-6(5)8(11)12/h1-3,7-8H. The van der Waals surface area contributed by atoms with Crippen LogP contribution in [0.3, 0.4) is 0 Å². The minimum absolute atomic E-state index is 0.0354. The first-order valence-electron chi connectivity index (χ1n) is 3.38. The molecule has 0 nitrogen and oxygen atoms in total. The molecule has 0 amide bonds. The Balaban J connectivity index is 3.19. The van der Waals surface area contributed by atoms with Gasteiger partial charge in [0.05, 0.1) is 7.47 Å². The van der Waals surface area contributed by atoms with Gasteiger partial charge >= 0.3 is 0 Å². The van der Waals surface area contributed by atoms with E-state index < -0.39 is 0 Å². The van der Waals surface area contributed by atoms with Crippen molar-refractivity contribution in [3.63, 3.8) is 0 Å². The van der Waals surface area contributed by atoms with E-state index in [4.69, 9.17) is 0 Å². The average Bonchev–Trinajstić information content (AvgIpc) is 2.03. The van der Waals surface area contributed by atoms with Crippen LogP contribution in [0.5, 0.6) is 0 Å². The van der Waals surface area contributed by atoms with E-state index >= 15 is 0 Å². The summed E-state index contributed by atoms with van der Waals surface area (Å²) in [6.07, 6.45) is 0. The van der Waals surface area contributed by atoms with Crippen molar-refractivity contribution in [3.8, 4) is 0 Å². The SMILES string of the molecule is Fc1ccc(C(Br)Br)c(C(Br)Br)c1. The van der Waals surface area contributed by atoms with Gasteiger partial charge in [-0.1, -0.05) is 69.8 Å². The summed E-state index contributed by atoms with van der Waals surface area (Å²) in [6, 6.07) is 4.68. The lowest BCUT2D eigenvalue weighted by Gasteiger charge is -2.11. The summed E-state index contributed by atoms with van der Waals surface area (Å²) in [5, 5.41) is 0. The molecule has 0 bridgehead atoms. The third-order valence-electron chi connectivity index (χ3n) is 1.52. The molecule has 0 unspecified atom stereocenters. The predicted molar refractivity (Wildman–Crippen MR) is 67.6 cm³/mol. The summed E-state index contributed by atoms with van der Waals surface area (Å²) in [5.74, 6) is -0.233. The van der Waals surface area contributed by atoms with Crippen molar-refractivity contribution in [2.75, 3.05) is 0 Å². The number of hydrogen-bond acceptors (Lipinski definition) is 0. The molecule has 0 spiro atoms.